The van der Waals surface area contributed by atoms with Gasteiger partial charge in [0.15, 0.2) is 0 Å². The summed E-state index contributed by atoms with van der Waals surface area (Å²) in [5, 5.41) is 9.27. The van der Waals surface area contributed by atoms with Crippen LogP contribution < -0.4 is 0 Å². The van der Waals surface area contributed by atoms with Crippen molar-refractivity contribution < 1.29 is 9.90 Å². The minimum Gasteiger partial charge on any atom is -0.481 e. The highest BCUT2D eigenvalue weighted by atomic mass is 16.4. The topological polar surface area (TPSA) is 40.5 Å². The van der Waals surface area contributed by atoms with E-state index >= 15 is 0 Å². The van der Waals surface area contributed by atoms with E-state index in [1.807, 2.05) is 0 Å². The quantitative estimate of drug-likeness (QED) is 0.773. The predicted octanol–water partition coefficient (Wildman–Crippen LogP) is 1.97. The number of rotatable bonds is 4. The van der Waals surface area contributed by atoms with Crippen molar-refractivity contribution in [2.45, 2.75) is 38.5 Å². The van der Waals surface area contributed by atoms with Crippen molar-refractivity contribution >= 4 is 5.97 Å². The summed E-state index contributed by atoms with van der Waals surface area (Å²) in [6, 6.07) is 0. The molecule has 0 aromatic rings. The maximum Gasteiger partial charge on any atom is 0.308 e. The fourth-order valence-electron chi connectivity index (χ4n) is 3.03. The molecule has 0 radical (unpaired) electrons. The summed E-state index contributed by atoms with van der Waals surface area (Å²) in [6.45, 7) is 3.01. The summed E-state index contributed by atoms with van der Waals surface area (Å²) in [4.78, 5) is 13.6. The Bertz CT molecular complexity index is 218. The van der Waals surface area contributed by atoms with Gasteiger partial charge in [0.25, 0.3) is 0 Å². The Labute approximate surface area is 91.5 Å². The second-order valence-corrected chi connectivity index (χ2v) is 5.00. The molecule has 0 aromatic heterocycles. The van der Waals surface area contributed by atoms with E-state index in [2.05, 4.69) is 4.90 Å². The first-order valence-electron chi connectivity index (χ1n) is 6.22. The monoisotopic (exact) mass is 211 g/mol. The van der Waals surface area contributed by atoms with Gasteiger partial charge in [0.05, 0.1) is 5.92 Å². The summed E-state index contributed by atoms with van der Waals surface area (Å²) in [5.41, 5.74) is 0. The molecule has 1 aliphatic carbocycles. The Morgan fingerprint density at radius 3 is 2.33 bits per heavy atom. The van der Waals surface area contributed by atoms with Crippen LogP contribution in [0.3, 0.4) is 0 Å². The number of carbonyl (C=O) groups is 1. The van der Waals surface area contributed by atoms with Crippen molar-refractivity contribution in [1.82, 2.24) is 4.90 Å². The molecule has 0 spiro atoms. The predicted molar refractivity (Wildman–Crippen MR) is 58.8 cm³/mol. The Hall–Kier alpha value is -0.570. The maximum absolute atomic E-state index is 11.2. The van der Waals surface area contributed by atoms with Gasteiger partial charge in [-0.1, -0.05) is 12.8 Å². The van der Waals surface area contributed by atoms with Gasteiger partial charge in [-0.25, -0.2) is 0 Å². The third-order valence-corrected chi connectivity index (χ3v) is 3.94. The highest BCUT2D eigenvalue weighted by Crippen LogP contribution is 2.32. The standard InChI is InChI=1S/C12H21NO2/c14-12(15)11(10-5-1-2-6-10)9-13-7-3-4-8-13/h10-11H,1-9H2,(H,14,15). The lowest BCUT2D eigenvalue weighted by molar-refractivity contribution is -0.144. The van der Waals surface area contributed by atoms with Gasteiger partial charge in [0, 0.05) is 6.54 Å². The third kappa shape index (κ3) is 2.71. The van der Waals surface area contributed by atoms with E-state index in [-0.39, 0.29) is 5.92 Å². The molecule has 3 nitrogen and oxygen atoms in total. The van der Waals surface area contributed by atoms with E-state index in [9.17, 15) is 9.90 Å². The van der Waals surface area contributed by atoms with Crippen molar-refractivity contribution in [2.24, 2.45) is 11.8 Å². The van der Waals surface area contributed by atoms with Gasteiger partial charge in [-0.3, -0.25) is 4.79 Å². The molecule has 0 aromatic carbocycles. The highest BCUT2D eigenvalue weighted by Gasteiger charge is 2.32. The lowest BCUT2D eigenvalue weighted by Gasteiger charge is -2.24. The zero-order valence-corrected chi connectivity index (χ0v) is 9.32. The van der Waals surface area contributed by atoms with Crippen molar-refractivity contribution in [3.63, 3.8) is 0 Å². The van der Waals surface area contributed by atoms with Crippen LogP contribution >= 0.6 is 0 Å². The molecule has 15 heavy (non-hydrogen) atoms. The molecule has 1 saturated carbocycles. The fraction of sp³-hybridized carbons (Fsp3) is 0.917. The van der Waals surface area contributed by atoms with Gasteiger partial charge in [-0.05, 0) is 44.7 Å². The van der Waals surface area contributed by atoms with E-state index in [1.165, 1.54) is 25.7 Å². The molecule has 0 bridgehead atoms. The lowest BCUT2D eigenvalue weighted by atomic mass is 9.90. The van der Waals surface area contributed by atoms with Gasteiger partial charge in [0.1, 0.15) is 0 Å². The number of hydrogen-bond donors (Lipinski definition) is 1. The first kappa shape index (κ1) is 10.9. The number of likely N-dealkylation sites (tertiary alicyclic amines) is 1. The first-order valence-corrected chi connectivity index (χ1v) is 6.22. The van der Waals surface area contributed by atoms with E-state index in [0.29, 0.717) is 5.92 Å². The van der Waals surface area contributed by atoms with Gasteiger partial charge in [-0.2, -0.15) is 0 Å². The van der Waals surface area contributed by atoms with Crippen LogP contribution in [0.15, 0.2) is 0 Å². The highest BCUT2D eigenvalue weighted by molar-refractivity contribution is 5.70. The Kier molecular flexibility index (Phi) is 3.62. The number of aliphatic carboxylic acids is 1. The first-order chi connectivity index (χ1) is 7.27. The van der Waals surface area contributed by atoms with Crippen LogP contribution in [0.5, 0.6) is 0 Å². The second-order valence-electron chi connectivity index (χ2n) is 5.00. The molecule has 1 N–H and O–H groups in total. The van der Waals surface area contributed by atoms with Gasteiger partial charge in [0.2, 0.25) is 0 Å². The molecule has 2 rings (SSSR count). The van der Waals surface area contributed by atoms with E-state index in [0.717, 1.165) is 32.5 Å². The third-order valence-electron chi connectivity index (χ3n) is 3.94. The van der Waals surface area contributed by atoms with Crippen LogP contribution in [0.2, 0.25) is 0 Å². The van der Waals surface area contributed by atoms with E-state index < -0.39 is 5.97 Å². The molecule has 3 heteroatoms. The number of hydrogen-bond acceptors (Lipinski definition) is 2. The Morgan fingerprint density at radius 2 is 1.80 bits per heavy atom. The van der Waals surface area contributed by atoms with Gasteiger partial charge < -0.3 is 10.0 Å². The van der Waals surface area contributed by atoms with Crippen molar-refractivity contribution in [3.8, 4) is 0 Å². The zero-order chi connectivity index (χ0) is 10.7. The summed E-state index contributed by atoms with van der Waals surface area (Å²) >= 11 is 0. The lowest BCUT2D eigenvalue weighted by Crippen LogP contribution is -2.35. The SMILES string of the molecule is O=C(O)C(CN1CCCC1)C1CCCC1. The van der Waals surface area contributed by atoms with Crippen molar-refractivity contribution in [3.05, 3.63) is 0 Å². The van der Waals surface area contributed by atoms with Crippen LogP contribution in [0, 0.1) is 11.8 Å². The molecular formula is C12H21NO2. The van der Waals surface area contributed by atoms with Crippen LogP contribution in [0.25, 0.3) is 0 Å². The molecule has 1 aliphatic heterocycles. The molecule has 1 saturated heterocycles. The van der Waals surface area contributed by atoms with Crippen LogP contribution in [-0.2, 0) is 4.79 Å². The minimum atomic E-state index is -0.575. The molecule has 1 unspecified atom stereocenters. The van der Waals surface area contributed by atoms with Gasteiger partial charge >= 0.3 is 5.97 Å². The molecule has 0 amide bonds. The molecule has 2 aliphatic rings. The second kappa shape index (κ2) is 4.97. The molecule has 86 valence electrons. The van der Waals surface area contributed by atoms with Crippen LogP contribution in [0.4, 0.5) is 0 Å². The molecule has 2 fully saturated rings. The summed E-state index contributed by atoms with van der Waals surface area (Å²) in [6.07, 6.45) is 7.21. The smallest absolute Gasteiger partial charge is 0.308 e. The minimum absolute atomic E-state index is 0.106. The Morgan fingerprint density at radius 1 is 1.20 bits per heavy atom. The average Bonchev–Trinajstić information content (AvgIpc) is 2.87. The van der Waals surface area contributed by atoms with Crippen LogP contribution in [0.1, 0.15) is 38.5 Å². The van der Waals surface area contributed by atoms with E-state index in [1.54, 1.807) is 0 Å². The normalized spacial score (nSPS) is 25.9. The maximum atomic E-state index is 11.2. The molecule has 1 atom stereocenters. The largest absolute Gasteiger partial charge is 0.481 e. The number of carboxylic acid groups (broad SMARTS) is 1. The summed E-state index contributed by atoms with van der Waals surface area (Å²) < 4.78 is 0. The fourth-order valence-corrected chi connectivity index (χ4v) is 3.03. The number of nitrogens with zero attached hydrogens (tertiary/aromatic N) is 1. The van der Waals surface area contributed by atoms with E-state index in [4.69, 9.17) is 0 Å². The average molecular weight is 211 g/mol. The van der Waals surface area contributed by atoms with Crippen LogP contribution in [-0.4, -0.2) is 35.6 Å². The Balaban J connectivity index is 1.89. The van der Waals surface area contributed by atoms with Crippen molar-refractivity contribution in [1.29, 1.82) is 0 Å². The van der Waals surface area contributed by atoms with Gasteiger partial charge in [-0.15, -0.1) is 0 Å². The number of carboxylic acids is 1. The molecular weight excluding hydrogens is 190 g/mol. The van der Waals surface area contributed by atoms with Crippen molar-refractivity contribution in [2.75, 3.05) is 19.6 Å². The summed E-state index contributed by atoms with van der Waals surface area (Å²) in [7, 11) is 0. The zero-order valence-electron chi connectivity index (χ0n) is 9.32. The summed E-state index contributed by atoms with van der Waals surface area (Å²) in [5.74, 6) is -0.234. The molecule has 1 heterocycles.